The van der Waals surface area contributed by atoms with Crippen LogP contribution < -0.4 is 9.47 Å². The van der Waals surface area contributed by atoms with Crippen LogP contribution in [0, 0.1) is 0 Å². The molecule has 0 N–H and O–H groups in total. The van der Waals surface area contributed by atoms with Gasteiger partial charge in [-0.15, -0.1) is 10.2 Å². The van der Waals surface area contributed by atoms with Gasteiger partial charge in [0.1, 0.15) is 17.1 Å². The van der Waals surface area contributed by atoms with Crippen LogP contribution in [0.5, 0.6) is 11.5 Å². The normalized spacial score (nSPS) is 11.7. The SMILES string of the molecule is COc1ccc(OC)c(C(=O)O[C@H](C)c2nnc(-c3ccccc3)o2)c1. The summed E-state index contributed by atoms with van der Waals surface area (Å²) >= 11 is 0. The number of carbonyl (C=O) groups is 1. The summed E-state index contributed by atoms with van der Waals surface area (Å²) in [6.45, 7) is 1.66. The van der Waals surface area contributed by atoms with E-state index in [9.17, 15) is 4.79 Å². The molecule has 0 spiro atoms. The van der Waals surface area contributed by atoms with Crippen molar-refractivity contribution in [3.8, 4) is 23.0 Å². The van der Waals surface area contributed by atoms with Gasteiger partial charge in [0.05, 0.1) is 14.2 Å². The minimum atomic E-state index is -0.719. The van der Waals surface area contributed by atoms with E-state index in [2.05, 4.69) is 10.2 Å². The summed E-state index contributed by atoms with van der Waals surface area (Å²) < 4.78 is 21.4. The zero-order valence-corrected chi connectivity index (χ0v) is 14.6. The predicted molar refractivity (Wildman–Crippen MR) is 93.1 cm³/mol. The van der Waals surface area contributed by atoms with Crippen LogP contribution in [0.15, 0.2) is 52.9 Å². The third kappa shape index (κ3) is 3.66. The van der Waals surface area contributed by atoms with Crippen molar-refractivity contribution in [2.24, 2.45) is 0 Å². The minimum absolute atomic E-state index is 0.207. The van der Waals surface area contributed by atoms with Gasteiger partial charge in [-0.1, -0.05) is 18.2 Å². The summed E-state index contributed by atoms with van der Waals surface area (Å²) in [7, 11) is 3.00. The van der Waals surface area contributed by atoms with Gasteiger partial charge in [-0.05, 0) is 37.3 Å². The molecule has 2 aromatic carbocycles. The highest BCUT2D eigenvalue weighted by Gasteiger charge is 2.22. The van der Waals surface area contributed by atoms with Crippen molar-refractivity contribution in [1.82, 2.24) is 10.2 Å². The molecule has 0 saturated heterocycles. The van der Waals surface area contributed by atoms with Gasteiger partial charge in [-0.2, -0.15) is 0 Å². The molecule has 1 heterocycles. The Bertz CT molecular complexity index is 892. The maximum absolute atomic E-state index is 12.5. The van der Waals surface area contributed by atoms with Crippen LogP contribution in [0.3, 0.4) is 0 Å². The third-order valence-electron chi connectivity index (χ3n) is 3.72. The zero-order chi connectivity index (χ0) is 18.5. The number of methoxy groups -OCH3 is 2. The lowest BCUT2D eigenvalue weighted by Crippen LogP contribution is -2.11. The summed E-state index contributed by atoms with van der Waals surface area (Å²) in [5.74, 6) is 0.905. The lowest BCUT2D eigenvalue weighted by Gasteiger charge is -2.12. The van der Waals surface area contributed by atoms with Crippen molar-refractivity contribution >= 4 is 5.97 Å². The Hall–Kier alpha value is -3.35. The fourth-order valence-electron chi connectivity index (χ4n) is 2.34. The van der Waals surface area contributed by atoms with Gasteiger partial charge in [0.2, 0.25) is 5.89 Å². The molecule has 0 amide bonds. The van der Waals surface area contributed by atoms with Crippen molar-refractivity contribution in [3.05, 3.63) is 60.0 Å². The average molecular weight is 354 g/mol. The number of hydrogen-bond acceptors (Lipinski definition) is 7. The van der Waals surface area contributed by atoms with Crippen LogP contribution >= 0.6 is 0 Å². The molecule has 0 aliphatic carbocycles. The van der Waals surface area contributed by atoms with E-state index in [1.54, 1.807) is 25.1 Å². The lowest BCUT2D eigenvalue weighted by atomic mass is 10.2. The predicted octanol–water partition coefficient (Wildman–Crippen LogP) is 3.67. The standard InChI is InChI=1S/C19H18N2O5/c1-12(17-20-21-18(26-17)13-7-5-4-6-8-13)25-19(22)15-11-14(23-2)9-10-16(15)24-3/h4-12H,1-3H3/t12-/m1/s1. The smallest absolute Gasteiger partial charge is 0.342 e. The fraction of sp³-hybridized carbons (Fsp3) is 0.211. The van der Waals surface area contributed by atoms with E-state index < -0.39 is 12.1 Å². The third-order valence-corrected chi connectivity index (χ3v) is 3.72. The second-order valence-corrected chi connectivity index (χ2v) is 5.43. The van der Waals surface area contributed by atoms with Gasteiger partial charge in [0.25, 0.3) is 5.89 Å². The van der Waals surface area contributed by atoms with Crippen LogP contribution in [0.25, 0.3) is 11.5 Å². The van der Waals surface area contributed by atoms with Gasteiger partial charge >= 0.3 is 5.97 Å². The molecule has 7 nitrogen and oxygen atoms in total. The molecule has 0 aliphatic heterocycles. The summed E-state index contributed by atoms with van der Waals surface area (Å²) in [6.07, 6.45) is -0.719. The van der Waals surface area contributed by atoms with E-state index in [0.717, 1.165) is 5.56 Å². The first kappa shape index (κ1) is 17.5. The van der Waals surface area contributed by atoms with Crippen LogP contribution in [-0.4, -0.2) is 30.4 Å². The summed E-state index contributed by atoms with van der Waals surface area (Å²) in [5.41, 5.74) is 1.04. The quantitative estimate of drug-likeness (QED) is 0.624. The van der Waals surface area contributed by atoms with Crippen LogP contribution in [0.4, 0.5) is 0 Å². The summed E-state index contributed by atoms with van der Waals surface area (Å²) in [6, 6.07) is 14.2. The van der Waals surface area contributed by atoms with Gasteiger partial charge in [0, 0.05) is 5.56 Å². The fourth-order valence-corrected chi connectivity index (χ4v) is 2.34. The lowest BCUT2D eigenvalue weighted by molar-refractivity contribution is 0.0276. The Morgan fingerprint density at radius 1 is 1.04 bits per heavy atom. The van der Waals surface area contributed by atoms with E-state index in [-0.39, 0.29) is 11.5 Å². The molecule has 134 valence electrons. The molecule has 3 aromatic rings. The van der Waals surface area contributed by atoms with E-state index in [1.807, 2.05) is 30.3 Å². The number of rotatable bonds is 6. The highest BCUT2D eigenvalue weighted by molar-refractivity contribution is 5.93. The molecule has 0 radical (unpaired) electrons. The molecule has 0 unspecified atom stereocenters. The van der Waals surface area contributed by atoms with Gasteiger partial charge in [0.15, 0.2) is 6.10 Å². The van der Waals surface area contributed by atoms with E-state index in [0.29, 0.717) is 17.4 Å². The molecule has 26 heavy (non-hydrogen) atoms. The molecule has 0 saturated carbocycles. The molecule has 0 fully saturated rings. The number of aromatic nitrogens is 2. The van der Waals surface area contributed by atoms with Gasteiger partial charge in [-0.25, -0.2) is 4.79 Å². The number of hydrogen-bond donors (Lipinski definition) is 0. The molecule has 1 atom stereocenters. The van der Waals surface area contributed by atoms with Crippen LogP contribution in [-0.2, 0) is 4.74 Å². The first-order valence-electron chi connectivity index (χ1n) is 7.94. The van der Waals surface area contributed by atoms with E-state index >= 15 is 0 Å². The molecule has 7 heteroatoms. The molecule has 0 bridgehead atoms. The Balaban J connectivity index is 1.77. The number of carbonyl (C=O) groups excluding carboxylic acids is 1. The van der Waals surface area contributed by atoms with E-state index in [1.165, 1.54) is 14.2 Å². The van der Waals surface area contributed by atoms with Crippen molar-refractivity contribution in [2.75, 3.05) is 14.2 Å². The van der Waals surface area contributed by atoms with Crippen molar-refractivity contribution in [3.63, 3.8) is 0 Å². The van der Waals surface area contributed by atoms with Crippen molar-refractivity contribution in [2.45, 2.75) is 13.0 Å². The number of benzene rings is 2. The second kappa shape index (κ2) is 7.69. The Labute approximate surface area is 150 Å². The van der Waals surface area contributed by atoms with Crippen LogP contribution in [0.1, 0.15) is 29.3 Å². The zero-order valence-electron chi connectivity index (χ0n) is 14.6. The van der Waals surface area contributed by atoms with Crippen molar-refractivity contribution in [1.29, 1.82) is 0 Å². The maximum atomic E-state index is 12.5. The van der Waals surface area contributed by atoms with Gasteiger partial charge in [-0.3, -0.25) is 0 Å². The highest BCUT2D eigenvalue weighted by atomic mass is 16.6. The highest BCUT2D eigenvalue weighted by Crippen LogP contribution is 2.27. The Morgan fingerprint density at radius 2 is 1.81 bits per heavy atom. The minimum Gasteiger partial charge on any atom is -0.497 e. The summed E-state index contributed by atoms with van der Waals surface area (Å²) in [4.78, 5) is 12.5. The first-order valence-corrected chi connectivity index (χ1v) is 7.94. The van der Waals surface area contributed by atoms with Crippen LogP contribution in [0.2, 0.25) is 0 Å². The summed E-state index contributed by atoms with van der Waals surface area (Å²) in [5, 5.41) is 7.96. The maximum Gasteiger partial charge on any atom is 0.342 e. The van der Waals surface area contributed by atoms with E-state index in [4.69, 9.17) is 18.6 Å². The number of esters is 1. The molecule has 3 rings (SSSR count). The molecular weight excluding hydrogens is 336 g/mol. The second-order valence-electron chi connectivity index (χ2n) is 5.43. The Kier molecular flexibility index (Phi) is 5.17. The largest absolute Gasteiger partial charge is 0.497 e. The molecular formula is C19H18N2O5. The van der Waals surface area contributed by atoms with Gasteiger partial charge < -0.3 is 18.6 Å². The first-order chi connectivity index (χ1) is 12.6. The average Bonchev–Trinajstić information content (AvgIpc) is 3.18. The molecule has 1 aromatic heterocycles. The number of nitrogens with zero attached hydrogens (tertiary/aromatic N) is 2. The Morgan fingerprint density at radius 3 is 2.50 bits per heavy atom. The van der Waals surface area contributed by atoms with Crippen molar-refractivity contribution < 1.29 is 23.4 Å². The molecule has 0 aliphatic rings. The number of ether oxygens (including phenoxy) is 3. The monoisotopic (exact) mass is 354 g/mol. The topological polar surface area (TPSA) is 83.7 Å².